The van der Waals surface area contributed by atoms with Gasteiger partial charge < -0.3 is 14.7 Å². The van der Waals surface area contributed by atoms with Crippen LogP contribution in [0.3, 0.4) is 0 Å². The van der Waals surface area contributed by atoms with Crippen LogP contribution in [0.5, 0.6) is 0 Å². The van der Waals surface area contributed by atoms with Crippen molar-refractivity contribution in [1.29, 1.82) is 0 Å². The van der Waals surface area contributed by atoms with E-state index in [2.05, 4.69) is 23.8 Å². The van der Waals surface area contributed by atoms with Crippen LogP contribution in [0.25, 0.3) is 0 Å². The zero-order chi connectivity index (χ0) is 12.3. The van der Waals surface area contributed by atoms with Crippen molar-refractivity contribution in [3.63, 3.8) is 0 Å². The van der Waals surface area contributed by atoms with Crippen LogP contribution in [0.4, 0.5) is 4.79 Å². The van der Waals surface area contributed by atoms with Gasteiger partial charge in [-0.15, -0.1) is 0 Å². The molecule has 0 N–H and O–H groups in total. The van der Waals surface area contributed by atoms with Gasteiger partial charge in [0.15, 0.2) is 0 Å². The molecule has 4 heteroatoms. The Kier molecular flexibility index (Phi) is 4.26. The number of carbonyl (C=O) groups excluding carboxylic acids is 1. The van der Waals surface area contributed by atoms with Crippen LogP contribution in [0.2, 0.25) is 0 Å². The number of nitrogens with zero attached hydrogens (tertiary/aromatic N) is 3. The van der Waals surface area contributed by atoms with Crippen LogP contribution in [0.15, 0.2) is 0 Å². The monoisotopic (exact) mass is 239 g/mol. The van der Waals surface area contributed by atoms with E-state index in [9.17, 15) is 4.79 Å². The zero-order valence-electron chi connectivity index (χ0n) is 11.2. The Hall–Kier alpha value is -0.770. The number of rotatable bonds is 0. The second kappa shape index (κ2) is 5.71. The van der Waals surface area contributed by atoms with Crippen LogP contribution in [0, 0.1) is 0 Å². The fourth-order valence-corrected chi connectivity index (χ4v) is 2.68. The molecule has 0 radical (unpaired) electrons. The van der Waals surface area contributed by atoms with E-state index in [0.717, 1.165) is 32.7 Å². The summed E-state index contributed by atoms with van der Waals surface area (Å²) in [6.45, 7) is 6.88. The van der Waals surface area contributed by atoms with Crippen molar-refractivity contribution in [2.45, 2.75) is 38.6 Å². The van der Waals surface area contributed by atoms with Gasteiger partial charge in [-0.3, -0.25) is 0 Å². The summed E-state index contributed by atoms with van der Waals surface area (Å²) in [6.07, 6.45) is 4.91. The van der Waals surface area contributed by atoms with Crippen molar-refractivity contribution in [3.8, 4) is 0 Å². The van der Waals surface area contributed by atoms with Gasteiger partial charge in [-0.2, -0.15) is 0 Å². The first-order valence-electron chi connectivity index (χ1n) is 6.92. The number of likely N-dealkylation sites (tertiary alicyclic amines) is 1. The lowest BCUT2D eigenvalue weighted by Gasteiger charge is -2.39. The third-order valence-corrected chi connectivity index (χ3v) is 4.11. The van der Waals surface area contributed by atoms with Gasteiger partial charge in [-0.1, -0.05) is 12.8 Å². The molecule has 0 spiro atoms. The van der Waals surface area contributed by atoms with Crippen LogP contribution >= 0.6 is 0 Å². The second-order valence-electron chi connectivity index (χ2n) is 5.46. The second-order valence-corrected chi connectivity index (χ2v) is 5.46. The minimum absolute atomic E-state index is 0.270. The maximum Gasteiger partial charge on any atom is 0.320 e. The van der Waals surface area contributed by atoms with Gasteiger partial charge in [0.05, 0.1) is 0 Å². The Morgan fingerprint density at radius 2 is 1.59 bits per heavy atom. The van der Waals surface area contributed by atoms with E-state index in [1.807, 2.05) is 4.90 Å². The molecular weight excluding hydrogens is 214 g/mol. The lowest BCUT2D eigenvalue weighted by molar-refractivity contribution is 0.0965. The van der Waals surface area contributed by atoms with E-state index in [1.165, 1.54) is 25.7 Å². The quantitative estimate of drug-likeness (QED) is 0.642. The van der Waals surface area contributed by atoms with E-state index < -0.39 is 0 Å². The Morgan fingerprint density at radius 1 is 0.941 bits per heavy atom. The largest absolute Gasteiger partial charge is 0.325 e. The summed E-state index contributed by atoms with van der Waals surface area (Å²) in [4.78, 5) is 18.8. The van der Waals surface area contributed by atoms with Crippen molar-refractivity contribution >= 4 is 6.03 Å². The van der Waals surface area contributed by atoms with Crippen LogP contribution < -0.4 is 0 Å². The number of urea groups is 1. The molecule has 98 valence electrons. The topological polar surface area (TPSA) is 26.8 Å². The molecule has 2 heterocycles. The van der Waals surface area contributed by atoms with Gasteiger partial charge >= 0.3 is 6.03 Å². The number of carbonyl (C=O) groups is 1. The number of likely N-dealkylation sites (N-methyl/N-ethyl adjacent to an activating group) is 1. The molecular formula is C13H25N3O. The summed E-state index contributed by atoms with van der Waals surface area (Å²) in [6, 6.07) is 0.756. The minimum Gasteiger partial charge on any atom is -0.325 e. The molecule has 2 rings (SSSR count). The molecule has 1 atom stereocenters. The van der Waals surface area contributed by atoms with E-state index in [-0.39, 0.29) is 6.03 Å². The molecule has 2 saturated heterocycles. The highest BCUT2D eigenvalue weighted by Gasteiger charge is 2.27. The average molecular weight is 239 g/mol. The van der Waals surface area contributed by atoms with Crippen molar-refractivity contribution in [1.82, 2.24) is 14.7 Å². The first kappa shape index (κ1) is 12.7. The molecule has 0 aliphatic carbocycles. The van der Waals surface area contributed by atoms with Crippen molar-refractivity contribution in [3.05, 3.63) is 0 Å². The van der Waals surface area contributed by atoms with Crippen molar-refractivity contribution in [2.24, 2.45) is 0 Å². The molecule has 1 unspecified atom stereocenters. The number of piperazine rings is 1. The highest BCUT2D eigenvalue weighted by Crippen LogP contribution is 2.14. The van der Waals surface area contributed by atoms with E-state index >= 15 is 0 Å². The zero-order valence-corrected chi connectivity index (χ0v) is 11.2. The predicted molar refractivity (Wildman–Crippen MR) is 69.1 cm³/mol. The average Bonchev–Trinajstić information content (AvgIpc) is 2.60. The van der Waals surface area contributed by atoms with E-state index in [4.69, 9.17) is 0 Å². The molecule has 4 nitrogen and oxygen atoms in total. The maximum atomic E-state index is 12.4. The van der Waals surface area contributed by atoms with Crippen molar-refractivity contribution in [2.75, 3.05) is 39.8 Å². The summed E-state index contributed by atoms with van der Waals surface area (Å²) in [7, 11) is 2.14. The molecule has 17 heavy (non-hydrogen) atoms. The molecule has 2 amide bonds. The van der Waals surface area contributed by atoms with Crippen molar-refractivity contribution < 1.29 is 4.79 Å². The van der Waals surface area contributed by atoms with Gasteiger partial charge in [0, 0.05) is 38.8 Å². The highest BCUT2D eigenvalue weighted by molar-refractivity contribution is 5.74. The van der Waals surface area contributed by atoms with Gasteiger partial charge in [-0.05, 0) is 26.8 Å². The molecule has 2 aliphatic rings. The number of hydrogen-bond acceptors (Lipinski definition) is 2. The lowest BCUT2D eigenvalue weighted by atomic mass is 10.2. The molecule has 0 aromatic rings. The highest BCUT2D eigenvalue weighted by atomic mass is 16.2. The van der Waals surface area contributed by atoms with E-state index in [0.29, 0.717) is 6.04 Å². The summed E-state index contributed by atoms with van der Waals surface area (Å²) in [5.41, 5.74) is 0. The van der Waals surface area contributed by atoms with Gasteiger partial charge in [-0.25, -0.2) is 4.79 Å². The molecule has 0 aromatic heterocycles. The first-order chi connectivity index (χ1) is 8.18. The van der Waals surface area contributed by atoms with E-state index in [1.54, 1.807) is 0 Å². The fraction of sp³-hybridized carbons (Fsp3) is 0.923. The Morgan fingerprint density at radius 3 is 2.18 bits per heavy atom. The summed E-state index contributed by atoms with van der Waals surface area (Å²) >= 11 is 0. The molecule has 0 saturated carbocycles. The SMILES string of the molecule is CC1CN(C(=O)N2CCCCCC2)CCN1C. The number of hydrogen-bond donors (Lipinski definition) is 0. The Bertz CT molecular complexity index is 261. The first-order valence-corrected chi connectivity index (χ1v) is 6.92. The number of amides is 2. The summed E-state index contributed by atoms with van der Waals surface area (Å²) < 4.78 is 0. The van der Waals surface area contributed by atoms with Gasteiger partial charge in [0.25, 0.3) is 0 Å². The third-order valence-electron chi connectivity index (χ3n) is 4.11. The maximum absolute atomic E-state index is 12.4. The standard InChI is InChI=1S/C13H25N3O/c1-12-11-16(10-9-14(12)2)13(17)15-7-5-3-4-6-8-15/h12H,3-11H2,1-2H3. The van der Waals surface area contributed by atoms with Gasteiger partial charge in [0.1, 0.15) is 0 Å². The third kappa shape index (κ3) is 3.12. The minimum atomic E-state index is 0.270. The molecule has 0 aromatic carbocycles. The molecule has 0 bridgehead atoms. The summed E-state index contributed by atoms with van der Waals surface area (Å²) in [5.74, 6) is 0. The molecule has 2 aliphatic heterocycles. The Labute approximate surface area is 105 Å². The smallest absolute Gasteiger partial charge is 0.320 e. The summed E-state index contributed by atoms with van der Waals surface area (Å²) in [5, 5.41) is 0. The normalized spacial score (nSPS) is 28.0. The Balaban J connectivity index is 1.90. The van der Waals surface area contributed by atoms with Crippen LogP contribution in [-0.2, 0) is 0 Å². The fourth-order valence-electron chi connectivity index (χ4n) is 2.68. The van der Waals surface area contributed by atoms with Gasteiger partial charge in [0.2, 0.25) is 0 Å². The predicted octanol–water partition coefficient (Wildman–Crippen LogP) is 1.62. The van der Waals surface area contributed by atoms with Crippen LogP contribution in [0.1, 0.15) is 32.6 Å². The van der Waals surface area contributed by atoms with Crippen LogP contribution in [-0.4, -0.2) is 66.5 Å². The molecule has 2 fully saturated rings. The lowest BCUT2D eigenvalue weighted by Crippen LogP contribution is -2.55.